The minimum absolute atomic E-state index is 0.704. The van der Waals surface area contributed by atoms with Gasteiger partial charge in [0, 0.05) is 24.7 Å². The van der Waals surface area contributed by atoms with E-state index in [2.05, 4.69) is 15.0 Å². The predicted molar refractivity (Wildman–Crippen MR) is 44.1 cm³/mol. The third-order valence-electron chi connectivity index (χ3n) is 1.02. The largest absolute Gasteiger partial charge is 0.269 e. The van der Waals surface area contributed by atoms with Gasteiger partial charge in [-0.2, -0.15) is 0 Å². The number of aliphatic imine (C=N–C) groups is 3. The van der Waals surface area contributed by atoms with E-state index in [1.54, 1.807) is 24.7 Å². The summed E-state index contributed by atoms with van der Waals surface area (Å²) in [5.41, 5.74) is 0. The Kier molecular flexibility index (Phi) is 2.55. The van der Waals surface area contributed by atoms with E-state index in [-0.39, 0.29) is 0 Å². The van der Waals surface area contributed by atoms with Gasteiger partial charge in [-0.1, -0.05) is 0 Å². The fourth-order valence-corrected chi connectivity index (χ4v) is 0.601. The first-order valence-electron chi connectivity index (χ1n) is 3.15. The van der Waals surface area contributed by atoms with E-state index in [1.165, 1.54) is 0 Å². The minimum atomic E-state index is 0.704. The van der Waals surface area contributed by atoms with Crippen molar-refractivity contribution in [1.82, 2.24) is 0 Å². The first-order valence-corrected chi connectivity index (χ1v) is 3.15. The second-order valence-electron chi connectivity index (χ2n) is 1.73. The highest BCUT2D eigenvalue weighted by atomic mass is 15.0. The first kappa shape index (κ1) is 6.86. The molecular weight excluding hydrogens is 126 g/mol. The van der Waals surface area contributed by atoms with Gasteiger partial charge in [0.05, 0.1) is 6.54 Å². The maximum Gasteiger partial charge on any atom is 0.148 e. The van der Waals surface area contributed by atoms with Crippen LogP contribution in [0.25, 0.3) is 0 Å². The zero-order valence-corrected chi connectivity index (χ0v) is 5.86. The summed E-state index contributed by atoms with van der Waals surface area (Å²) in [5, 5.41) is 0. The number of hydrogen-bond acceptors (Lipinski definition) is 3. The minimum Gasteiger partial charge on any atom is -0.269 e. The van der Waals surface area contributed by atoms with Crippen molar-refractivity contribution in [3.63, 3.8) is 0 Å². The molecule has 0 amide bonds. The van der Waals surface area contributed by atoms with E-state index in [1.807, 2.05) is 6.92 Å². The molecule has 0 saturated heterocycles. The van der Waals surface area contributed by atoms with Crippen molar-refractivity contribution >= 4 is 18.3 Å². The molecule has 0 N–H and O–H groups in total. The van der Waals surface area contributed by atoms with Gasteiger partial charge in [-0.05, 0) is 6.92 Å². The van der Waals surface area contributed by atoms with E-state index in [9.17, 15) is 0 Å². The lowest BCUT2D eigenvalue weighted by molar-refractivity contribution is 1.36. The third-order valence-corrected chi connectivity index (χ3v) is 1.02. The third kappa shape index (κ3) is 1.93. The van der Waals surface area contributed by atoms with Crippen LogP contribution in [0.5, 0.6) is 0 Å². The highest BCUT2D eigenvalue weighted by Crippen LogP contribution is 1.90. The lowest BCUT2D eigenvalue weighted by Crippen LogP contribution is -1.80. The molecule has 0 aromatic carbocycles. The predicted octanol–water partition coefficient (Wildman–Crippen LogP) is 1.07. The Bertz CT molecular complexity index is 211. The molecule has 0 atom stereocenters. The number of nitrogens with zero attached hydrogens (tertiary/aromatic N) is 3. The van der Waals surface area contributed by atoms with E-state index in [0.717, 1.165) is 5.84 Å². The molecule has 0 saturated carbocycles. The zero-order valence-electron chi connectivity index (χ0n) is 5.86. The second kappa shape index (κ2) is 3.71. The van der Waals surface area contributed by atoms with Gasteiger partial charge in [0.25, 0.3) is 0 Å². The molecule has 0 unspecified atom stereocenters. The topological polar surface area (TPSA) is 37.1 Å². The molecule has 1 aliphatic heterocycles. The van der Waals surface area contributed by atoms with Crippen molar-refractivity contribution in [1.29, 1.82) is 0 Å². The Labute approximate surface area is 59.9 Å². The average molecular weight is 135 g/mol. The molecule has 10 heavy (non-hydrogen) atoms. The highest BCUT2D eigenvalue weighted by molar-refractivity contribution is 6.01. The van der Waals surface area contributed by atoms with Gasteiger partial charge in [0.1, 0.15) is 5.84 Å². The quantitative estimate of drug-likeness (QED) is 0.508. The molecule has 0 aliphatic carbocycles. The fourth-order valence-electron chi connectivity index (χ4n) is 0.601. The molecule has 0 radical (unpaired) electrons. The van der Waals surface area contributed by atoms with Crippen LogP contribution in [0.15, 0.2) is 27.3 Å². The van der Waals surface area contributed by atoms with Gasteiger partial charge in [-0.15, -0.1) is 0 Å². The first-order chi connectivity index (χ1) is 4.93. The van der Waals surface area contributed by atoms with Crippen molar-refractivity contribution in [2.24, 2.45) is 15.0 Å². The van der Waals surface area contributed by atoms with Crippen molar-refractivity contribution in [2.45, 2.75) is 6.92 Å². The lowest BCUT2D eigenvalue weighted by atomic mass is 10.6. The Morgan fingerprint density at radius 3 is 3.20 bits per heavy atom. The second-order valence-corrected chi connectivity index (χ2v) is 1.73. The standard InChI is InChI=1S/C7H9N3/c1-2-8-4-3-7-9-5-6-10-7/h2-5H,6H2,1H3/b4-3-,8-2-. The van der Waals surface area contributed by atoms with Crippen LogP contribution >= 0.6 is 0 Å². The highest BCUT2D eigenvalue weighted by Gasteiger charge is 1.92. The molecular formula is C7H9N3. The molecule has 1 heterocycles. The summed E-state index contributed by atoms with van der Waals surface area (Å²) in [6.45, 7) is 2.57. The van der Waals surface area contributed by atoms with Crippen molar-refractivity contribution in [3.8, 4) is 0 Å². The zero-order chi connectivity index (χ0) is 7.23. The van der Waals surface area contributed by atoms with Crippen LogP contribution in [-0.4, -0.2) is 24.8 Å². The van der Waals surface area contributed by atoms with Crippen molar-refractivity contribution in [3.05, 3.63) is 12.3 Å². The van der Waals surface area contributed by atoms with E-state index in [0.29, 0.717) is 6.54 Å². The summed E-state index contributed by atoms with van der Waals surface area (Å²) < 4.78 is 0. The summed E-state index contributed by atoms with van der Waals surface area (Å²) in [4.78, 5) is 11.9. The van der Waals surface area contributed by atoms with Gasteiger partial charge in [-0.3, -0.25) is 9.98 Å². The van der Waals surface area contributed by atoms with Gasteiger partial charge in [0.2, 0.25) is 0 Å². The van der Waals surface area contributed by atoms with Gasteiger partial charge in [-0.25, -0.2) is 4.99 Å². The molecule has 3 nitrogen and oxygen atoms in total. The lowest BCUT2D eigenvalue weighted by Gasteiger charge is -1.79. The Hall–Kier alpha value is -1.25. The van der Waals surface area contributed by atoms with Crippen LogP contribution in [0.2, 0.25) is 0 Å². The Balaban J connectivity index is 2.44. The Morgan fingerprint density at radius 2 is 2.60 bits per heavy atom. The van der Waals surface area contributed by atoms with E-state index in [4.69, 9.17) is 0 Å². The molecule has 3 heteroatoms. The van der Waals surface area contributed by atoms with Crippen molar-refractivity contribution < 1.29 is 0 Å². The van der Waals surface area contributed by atoms with Crippen LogP contribution in [-0.2, 0) is 0 Å². The van der Waals surface area contributed by atoms with Crippen LogP contribution in [0, 0.1) is 0 Å². The molecule has 0 aromatic rings. The van der Waals surface area contributed by atoms with Crippen LogP contribution in [0.1, 0.15) is 6.92 Å². The maximum atomic E-state index is 4.04. The number of rotatable bonds is 2. The van der Waals surface area contributed by atoms with Crippen molar-refractivity contribution in [2.75, 3.05) is 6.54 Å². The van der Waals surface area contributed by atoms with Gasteiger partial charge < -0.3 is 0 Å². The van der Waals surface area contributed by atoms with Crippen LogP contribution in [0.4, 0.5) is 0 Å². The molecule has 0 fully saturated rings. The van der Waals surface area contributed by atoms with Crippen LogP contribution in [0.3, 0.4) is 0 Å². The maximum absolute atomic E-state index is 4.04. The fraction of sp³-hybridized carbons (Fsp3) is 0.286. The van der Waals surface area contributed by atoms with Crippen LogP contribution < -0.4 is 0 Å². The molecule has 1 rings (SSSR count). The summed E-state index contributed by atoms with van der Waals surface area (Å²) in [7, 11) is 0. The van der Waals surface area contributed by atoms with E-state index < -0.39 is 0 Å². The summed E-state index contributed by atoms with van der Waals surface area (Å²) >= 11 is 0. The average Bonchev–Trinajstić information content (AvgIpc) is 2.41. The Morgan fingerprint density at radius 1 is 1.70 bits per heavy atom. The molecule has 1 aliphatic rings. The summed E-state index contributed by atoms with van der Waals surface area (Å²) in [6.07, 6.45) is 6.95. The smallest absolute Gasteiger partial charge is 0.148 e. The van der Waals surface area contributed by atoms with Gasteiger partial charge in [0.15, 0.2) is 0 Å². The molecule has 0 spiro atoms. The summed E-state index contributed by atoms with van der Waals surface area (Å²) in [5.74, 6) is 0.755. The summed E-state index contributed by atoms with van der Waals surface area (Å²) in [6, 6.07) is 0. The normalized spacial score (nSPS) is 17.5. The van der Waals surface area contributed by atoms with E-state index >= 15 is 0 Å². The molecule has 0 aromatic heterocycles. The molecule has 0 bridgehead atoms. The number of hydrogen-bond donors (Lipinski definition) is 0. The number of amidine groups is 1. The SMILES string of the molecule is C/C=N\C=C/C1=NCC=N1. The van der Waals surface area contributed by atoms with Gasteiger partial charge >= 0.3 is 0 Å². The molecule has 52 valence electrons. The monoisotopic (exact) mass is 135 g/mol.